The maximum Gasteiger partial charge on any atom is 0.338 e. The van der Waals surface area contributed by atoms with Crippen molar-refractivity contribution in [2.75, 3.05) is 52.5 Å². The van der Waals surface area contributed by atoms with Crippen LogP contribution in [-0.2, 0) is 9.47 Å². The topological polar surface area (TPSA) is 59.1 Å². The highest BCUT2D eigenvalue weighted by atomic mass is 35.5. The van der Waals surface area contributed by atoms with E-state index in [0.717, 1.165) is 85.1 Å². The number of benzene rings is 3. The smallest absolute Gasteiger partial charge is 0.338 e. The molecule has 3 aromatic carbocycles. The van der Waals surface area contributed by atoms with Crippen molar-refractivity contribution in [2.45, 2.75) is 51.4 Å². The second-order valence-electron chi connectivity index (χ2n) is 11.4. The summed E-state index contributed by atoms with van der Waals surface area (Å²) in [5, 5.41) is 1.95. The van der Waals surface area contributed by atoms with Crippen LogP contribution in [0.3, 0.4) is 0 Å². The minimum Gasteiger partial charge on any atom is -0.462 e. The Bertz CT molecular complexity index is 1380. The van der Waals surface area contributed by atoms with E-state index >= 15 is 0 Å². The number of hydrogen-bond acceptors (Lipinski definition) is 6. The fourth-order valence-corrected chi connectivity index (χ4v) is 6.60. The summed E-state index contributed by atoms with van der Waals surface area (Å²) in [6.45, 7) is 7.45. The van der Waals surface area contributed by atoms with Gasteiger partial charge < -0.3 is 19.3 Å². The van der Waals surface area contributed by atoms with E-state index in [0.29, 0.717) is 24.3 Å². The molecule has 0 radical (unpaired) electrons. The van der Waals surface area contributed by atoms with Crippen LogP contribution in [0, 0.1) is 0 Å². The van der Waals surface area contributed by atoms with Crippen LogP contribution in [-0.4, -0.2) is 74.2 Å². The molecule has 0 unspecified atom stereocenters. The number of esters is 2. The Balaban J connectivity index is 0.00000202. The highest BCUT2D eigenvalue weighted by molar-refractivity contribution is 6.20. The Labute approximate surface area is 261 Å². The van der Waals surface area contributed by atoms with Crippen molar-refractivity contribution >= 4 is 47.5 Å². The van der Waals surface area contributed by atoms with Crippen LogP contribution >= 0.6 is 24.8 Å². The van der Waals surface area contributed by atoms with Gasteiger partial charge in [-0.3, -0.25) is 0 Å². The van der Waals surface area contributed by atoms with Crippen molar-refractivity contribution < 1.29 is 19.1 Å². The molecule has 0 atom stereocenters. The molecule has 226 valence electrons. The van der Waals surface area contributed by atoms with E-state index in [4.69, 9.17) is 9.47 Å². The monoisotopic (exact) mass is 612 g/mol. The van der Waals surface area contributed by atoms with Crippen molar-refractivity contribution in [3.05, 3.63) is 59.7 Å². The van der Waals surface area contributed by atoms with E-state index in [-0.39, 0.29) is 36.8 Å². The highest BCUT2D eigenvalue weighted by Gasteiger charge is 2.25. The van der Waals surface area contributed by atoms with Crippen molar-refractivity contribution in [3.8, 4) is 22.3 Å². The van der Waals surface area contributed by atoms with E-state index in [9.17, 15) is 9.59 Å². The van der Waals surface area contributed by atoms with Crippen LogP contribution in [0.2, 0.25) is 0 Å². The number of likely N-dealkylation sites (tertiary alicyclic amines) is 2. The van der Waals surface area contributed by atoms with Gasteiger partial charge in [0.15, 0.2) is 0 Å². The van der Waals surface area contributed by atoms with Gasteiger partial charge in [-0.15, -0.1) is 24.8 Å². The zero-order chi connectivity index (χ0) is 27.3. The first-order valence-corrected chi connectivity index (χ1v) is 15.2. The summed E-state index contributed by atoms with van der Waals surface area (Å²) < 4.78 is 11.3. The van der Waals surface area contributed by atoms with Crippen LogP contribution in [0.15, 0.2) is 48.5 Å². The van der Waals surface area contributed by atoms with Crippen LogP contribution in [0.1, 0.15) is 72.1 Å². The molecule has 3 aliphatic rings. The van der Waals surface area contributed by atoms with Crippen molar-refractivity contribution in [1.29, 1.82) is 0 Å². The Hall–Kier alpha value is -2.64. The lowest BCUT2D eigenvalue weighted by atomic mass is 9.98. The summed E-state index contributed by atoms with van der Waals surface area (Å²) in [5.41, 5.74) is 5.38. The molecule has 2 heterocycles. The fourth-order valence-electron chi connectivity index (χ4n) is 6.60. The summed E-state index contributed by atoms with van der Waals surface area (Å²) in [6, 6.07) is 15.7. The van der Waals surface area contributed by atoms with E-state index in [1.807, 2.05) is 42.5 Å². The molecular weight excluding hydrogens is 571 g/mol. The van der Waals surface area contributed by atoms with Gasteiger partial charge in [0.25, 0.3) is 0 Å². The van der Waals surface area contributed by atoms with Crippen molar-refractivity contribution in [2.24, 2.45) is 0 Å². The molecule has 8 heteroatoms. The van der Waals surface area contributed by atoms with Gasteiger partial charge in [-0.05, 0) is 116 Å². The first kappa shape index (κ1) is 32.3. The average Bonchev–Trinajstić information content (AvgIpc) is 3.33. The fraction of sp³-hybridized carbons (Fsp3) is 0.471. The Morgan fingerprint density at radius 1 is 0.619 bits per heavy atom. The molecule has 0 aromatic heterocycles. The summed E-state index contributed by atoms with van der Waals surface area (Å²) in [5.74, 6) is -0.550. The highest BCUT2D eigenvalue weighted by Crippen LogP contribution is 2.48. The van der Waals surface area contributed by atoms with Gasteiger partial charge in [0, 0.05) is 13.1 Å². The molecule has 0 amide bonds. The Morgan fingerprint density at radius 3 is 1.83 bits per heavy atom. The van der Waals surface area contributed by atoms with E-state index in [1.165, 1.54) is 38.5 Å². The molecule has 6 rings (SSSR count). The van der Waals surface area contributed by atoms with Gasteiger partial charge in [0.1, 0.15) is 0 Å². The number of halogens is 2. The first-order chi connectivity index (χ1) is 19.7. The molecular formula is C34H42Cl2N2O4. The maximum absolute atomic E-state index is 13.1. The van der Waals surface area contributed by atoms with Crippen LogP contribution in [0.25, 0.3) is 33.0 Å². The number of piperidine rings is 2. The van der Waals surface area contributed by atoms with E-state index in [2.05, 4.69) is 15.9 Å². The van der Waals surface area contributed by atoms with Gasteiger partial charge in [-0.2, -0.15) is 0 Å². The van der Waals surface area contributed by atoms with Crippen molar-refractivity contribution in [3.63, 3.8) is 0 Å². The van der Waals surface area contributed by atoms with Crippen LogP contribution in [0.4, 0.5) is 0 Å². The molecule has 3 aromatic rings. The third-order valence-corrected chi connectivity index (χ3v) is 8.70. The summed E-state index contributed by atoms with van der Waals surface area (Å²) in [4.78, 5) is 30.9. The summed E-state index contributed by atoms with van der Waals surface area (Å²) in [7, 11) is 0. The SMILES string of the molecule is Cl.Cl.O=C(OCCCN1CCCCC1)c1ccc2c(c1)-c1cccc3c(C(=O)OCCCN4CCCCC4)ccc-2c13. The van der Waals surface area contributed by atoms with E-state index in [1.54, 1.807) is 0 Å². The molecule has 0 saturated carbocycles. The number of fused-ring (bicyclic) bond motifs is 3. The predicted molar refractivity (Wildman–Crippen MR) is 173 cm³/mol. The standard InChI is InChI=1S/C34H40N2O4.2ClH/c37-33(39-22-8-20-35-16-3-1-4-17-35)25-12-13-26-29-14-15-30(27-10-7-11-28(32(27)29)31(26)24-25)34(38)40-23-9-21-36-18-5-2-6-19-36;;/h7,10-15,24H,1-6,8-9,16-23H2;2*1H. The number of rotatable bonds is 10. The molecule has 2 saturated heterocycles. The molecule has 0 N–H and O–H groups in total. The minimum atomic E-state index is -0.279. The quantitative estimate of drug-likeness (QED) is 0.137. The molecule has 1 aliphatic carbocycles. The number of ether oxygens (including phenoxy) is 2. The Morgan fingerprint density at radius 2 is 1.19 bits per heavy atom. The number of carbonyl (C=O) groups excluding carboxylic acids is 2. The number of nitrogens with zero attached hydrogens (tertiary/aromatic N) is 2. The van der Waals surface area contributed by atoms with Gasteiger partial charge >= 0.3 is 11.9 Å². The largest absolute Gasteiger partial charge is 0.462 e. The molecule has 2 aliphatic heterocycles. The second-order valence-corrected chi connectivity index (χ2v) is 11.4. The Kier molecular flexibility index (Phi) is 11.7. The van der Waals surface area contributed by atoms with Gasteiger partial charge in [-0.25, -0.2) is 9.59 Å². The zero-order valence-electron chi connectivity index (χ0n) is 24.3. The number of carbonyl (C=O) groups is 2. The lowest BCUT2D eigenvalue weighted by Crippen LogP contribution is -2.31. The van der Waals surface area contributed by atoms with Crippen molar-refractivity contribution in [1.82, 2.24) is 9.80 Å². The summed E-state index contributed by atoms with van der Waals surface area (Å²) in [6.07, 6.45) is 9.44. The van der Waals surface area contributed by atoms with Gasteiger partial charge in [0.2, 0.25) is 0 Å². The second kappa shape index (κ2) is 15.2. The third kappa shape index (κ3) is 7.11. The molecule has 0 spiro atoms. The normalized spacial score (nSPS) is 16.3. The number of hydrogen-bond donors (Lipinski definition) is 0. The van der Waals surface area contributed by atoms with Crippen LogP contribution < -0.4 is 0 Å². The maximum atomic E-state index is 13.1. The molecule has 2 fully saturated rings. The zero-order valence-corrected chi connectivity index (χ0v) is 25.9. The van der Waals surface area contributed by atoms with Crippen LogP contribution in [0.5, 0.6) is 0 Å². The molecule has 6 nitrogen and oxygen atoms in total. The van der Waals surface area contributed by atoms with Gasteiger partial charge in [-0.1, -0.05) is 43.2 Å². The van der Waals surface area contributed by atoms with Gasteiger partial charge in [0.05, 0.1) is 24.3 Å². The minimum absolute atomic E-state index is 0. The van der Waals surface area contributed by atoms with E-state index < -0.39 is 0 Å². The lowest BCUT2D eigenvalue weighted by Gasteiger charge is -2.26. The molecule has 0 bridgehead atoms. The predicted octanol–water partition coefficient (Wildman–Crippen LogP) is 7.40. The lowest BCUT2D eigenvalue weighted by molar-refractivity contribution is 0.0477. The average molecular weight is 614 g/mol. The summed E-state index contributed by atoms with van der Waals surface area (Å²) >= 11 is 0. The molecule has 42 heavy (non-hydrogen) atoms. The third-order valence-electron chi connectivity index (χ3n) is 8.70. The first-order valence-electron chi connectivity index (χ1n) is 15.2.